The van der Waals surface area contributed by atoms with Gasteiger partial charge in [-0.2, -0.15) is 0 Å². The highest BCUT2D eigenvalue weighted by Crippen LogP contribution is 2.31. The third-order valence-electron chi connectivity index (χ3n) is 7.66. The van der Waals surface area contributed by atoms with Crippen LogP contribution >= 0.6 is 11.6 Å². The first-order valence-corrected chi connectivity index (χ1v) is 14.2. The maximum absolute atomic E-state index is 13.1. The molecule has 5 nitrogen and oxygen atoms in total. The second-order valence-electron chi connectivity index (χ2n) is 10.3. The van der Waals surface area contributed by atoms with Gasteiger partial charge in [-0.25, -0.2) is 4.79 Å². The summed E-state index contributed by atoms with van der Waals surface area (Å²) in [4.78, 5) is 18.0. The highest BCUT2D eigenvalue weighted by molar-refractivity contribution is 6.29. The van der Waals surface area contributed by atoms with Gasteiger partial charge < -0.3 is 15.5 Å². The van der Waals surface area contributed by atoms with Crippen LogP contribution in [0.3, 0.4) is 0 Å². The first-order valence-electron chi connectivity index (χ1n) is 13.8. The van der Waals surface area contributed by atoms with E-state index in [2.05, 4.69) is 76.9 Å². The van der Waals surface area contributed by atoms with Crippen molar-refractivity contribution in [3.63, 3.8) is 0 Å². The SMILES string of the molecule is CCN(CCNC(=O)NC(c1ccccc1)c1ccccc1)C(C1=CC=C(Cl)CC=C1)C1CCN(C)CC1. The number of nitrogens with zero attached hydrogens (tertiary/aromatic N) is 2. The fourth-order valence-electron chi connectivity index (χ4n) is 5.58. The molecule has 0 spiro atoms. The Morgan fingerprint density at radius 1 is 1.03 bits per heavy atom. The molecule has 38 heavy (non-hydrogen) atoms. The highest BCUT2D eigenvalue weighted by Gasteiger charge is 2.31. The second-order valence-corrected chi connectivity index (χ2v) is 10.7. The smallest absolute Gasteiger partial charge is 0.315 e. The fourth-order valence-corrected chi connectivity index (χ4v) is 5.73. The number of benzene rings is 2. The Hall–Kier alpha value is -2.86. The Kier molecular flexibility index (Phi) is 10.6. The molecular weight excluding hydrogens is 492 g/mol. The summed E-state index contributed by atoms with van der Waals surface area (Å²) in [5.74, 6) is 0.571. The van der Waals surface area contributed by atoms with Gasteiger partial charge in [0.2, 0.25) is 0 Å². The van der Waals surface area contributed by atoms with E-state index < -0.39 is 0 Å². The van der Waals surface area contributed by atoms with E-state index in [4.69, 9.17) is 11.6 Å². The van der Waals surface area contributed by atoms with Crippen molar-refractivity contribution >= 4 is 17.6 Å². The van der Waals surface area contributed by atoms with Gasteiger partial charge in [0, 0.05) is 30.6 Å². The van der Waals surface area contributed by atoms with Gasteiger partial charge in [0.15, 0.2) is 0 Å². The number of piperidine rings is 1. The van der Waals surface area contributed by atoms with Crippen LogP contribution in [0.4, 0.5) is 4.79 Å². The number of likely N-dealkylation sites (tertiary alicyclic amines) is 1. The van der Waals surface area contributed by atoms with Crippen LogP contribution in [0.15, 0.2) is 95.6 Å². The largest absolute Gasteiger partial charge is 0.337 e. The van der Waals surface area contributed by atoms with Crippen LogP contribution in [0.25, 0.3) is 0 Å². The number of halogens is 1. The molecule has 0 bridgehead atoms. The van der Waals surface area contributed by atoms with Gasteiger partial charge >= 0.3 is 6.03 Å². The van der Waals surface area contributed by atoms with Crippen LogP contribution < -0.4 is 10.6 Å². The minimum absolute atomic E-state index is 0.155. The van der Waals surface area contributed by atoms with Gasteiger partial charge in [0.25, 0.3) is 0 Å². The molecule has 202 valence electrons. The molecule has 1 unspecified atom stereocenters. The molecule has 1 aliphatic carbocycles. The van der Waals surface area contributed by atoms with Gasteiger partial charge in [-0.3, -0.25) is 4.90 Å². The van der Waals surface area contributed by atoms with Crippen molar-refractivity contribution in [1.82, 2.24) is 20.4 Å². The van der Waals surface area contributed by atoms with Crippen molar-refractivity contribution in [2.75, 3.05) is 39.8 Å². The summed E-state index contributed by atoms with van der Waals surface area (Å²) in [6.45, 7) is 6.73. The minimum Gasteiger partial charge on any atom is -0.337 e. The molecule has 1 fully saturated rings. The number of rotatable bonds is 10. The summed E-state index contributed by atoms with van der Waals surface area (Å²) in [6.07, 6.45) is 11.8. The van der Waals surface area contributed by atoms with Crippen LogP contribution in [-0.2, 0) is 0 Å². The molecule has 6 heteroatoms. The minimum atomic E-state index is -0.204. The van der Waals surface area contributed by atoms with Crippen LogP contribution in [0.1, 0.15) is 43.4 Å². The van der Waals surface area contributed by atoms with Gasteiger partial charge in [-0.05, 0) is 68.2 Å². The predicted molar refractivity (Wildman–Crippen MR) is 158 cm³/mol. The number of carbonyl (C=O) groups excluding carboxylic acids is 1. The standard InChI is InChI=1S/C32H41ClN4O/c1-3-37(31(28-19-22-36(2)23-20-28)27-15-10-16-29(33)18-17-27)24-21-34-32(38)35-30(25-11-6-4-7-12-25)26-13-8-5-9-14-26/h4-15,17-18,28,30-31H,3,16,19-24H2,1-2H3,(H2,34,35,38). The number of nitrogens with one attached hydrogen (secondary N) is 2. The average Bonchev–Trinajstić information content (AvgIpc) is 3.17. The van der Waals surface area contributed by atoms with Crippen molar-refractivity contribution < 1.29 is 4.79 Å². The van der Waals surface area contributed by atoms with E-state index in [0.29, 0.717) is 18.5 Å². The average molecular weight is 533 g/mol. The molecule has 4 rings (SSSR count). The normalized spacial score (nSPS) is 17.6. The monoisotopic (exact) mass is 532 g/mol. The molecule has 0 radical (unpaired) electrons. The molecule has 1 heterocycles. The second kappa shape index (κ2) is 14.3. The summed E-state index contributed by atoms with van der Waals surface area (Å²) in [7, 11) is 2.21. The highest BCUT2D eigenvalue weighted by atomic mass is 35.5. The van der Waals surface area contributed by atoms with Gasteiger partial charge in [-0.1, -0.05) is 97.4 Å². The zero-order chi connectivity index (χ0) is 26.7. The van der Waals surface area contributed by atoms with Crippen molar-refractivity contribution in [2.24, 2.45) is 5.92 Å². The van der Waals surface area contributed by atoms with Crippen molar-refractivity contribution in [3.05, 3.63) is 107 Å². The zero-order valence-corrected chi connectivity index (χ0v) is 23.4. The molecule has 1 aliphatic heterocycles. The number of urea groups is 1. The van der Waals surface area contributed by atoms with E-state index in [1.165, 1.54) is 18.4 Å². The lowest BCUT2D eigenvalue weighted by Gasteiger charge is -2.41. The quantitative estimate of drug-likeness (QED) is 0.388. The number of hydrogen-bond acceptors (Lipinski definition) is 3. The zero-order valence-electron chi connectivity index (χ0n) is 22.7. The number of carbonyl (C=O) groups is 1. The molecule has 0 saturated carbocycles. The summed E-state index contributed by atoms with van der Waals surface area (Å²) in [6, 6.07) is 20.2. The lowest BCUT2D eigenvalue weighted by Crippen LogP contribution is -2.49. The molecule has 2 amide bonds. The molecule has 2 aromatic carbocycles. The van der Waals surface area contributed by atoms with Crippen molar-refractivity contribution in [1.29, 1.82) is 0 Å². The summed E-state index contributed by atoms with van der Waals surface area (Å²) in [5, 5.41) is 7.20. The Balaban J connectivity index is 1.42. The summed E-state index contributed by atoms with van der Waals surface area (Å²) >= 11 is 6.35. The fraction of sp³-hybridized carbons (Fsp3) is 0.406. The third kappa shape index (κ3) is 7.83. The van der Waals surface area contributed by atoms with Gasteiger partial charge in [0.1, 0.15) is 0 Å². The van der Waals surface area contributed by atoms with Crippen LogP contribution in [0.5, 0.6) is 0 Å². The third-order valence-corrected chi connectivity index (χ3v) is 7.94. The van der Waals surface area contributed by atoms with E-state index in [1.54, 1.807) is 0 Å². The molecule has 0 aromatic heterocycles. The molecule has 2 N–H and O–H groups in total. The summed E-state index contributed by atoms with van der Waals surface area (Å²) in [5.41, 5.74) is 3.44. The molecular formula is C32H41ClN4O. The molecule has 1 atom stereocenters. The van der Waals surface area contributed by atoms with E-state index in [1.807, 2.05) is 42.5 Å². The lowest BCUT2D eigenvalue weighted by atomic mass is 9.83. The van der Waals surface area contributed by atoms with Crippen LogP contribution in [0, 0.1) is 5.92 Å². The predicted octanol–water partition coefficient (Wildman–Crippen LogP) is 6.12. The Morgan fingerprint density at radius 2 is 1.66 bits per heavy atom. The molecule has 2 aromatic rings. The summed E-state index contributed by atoms with van der Waals surface area (Å²) < 4.78 is 0. The number of hydrogen-bond donors (Lipinski definition) is 2. The van der Waals surface area contributed by atoms with Gasteiger partial charge in [0.05, 0.1) is 6.04 Å². The number of allylic oxidation sites excluding steroid dienone is 4. The Bertz CT molecular complexity index is 1070. The maximum Gasteiger partial charge on any atom is 0.315 e. The van der Waals surface area contributed by atoms with E-state index >= 15 is 0 Å². The lowest BCUT2D eigenvalue weighted by molar-refractivity contribution is 0.122. The first kappa shape index (κ1) is 28.2. The Morgan fingerprint density at radius 3 is 2.26 bits per heavy atom. The van der Waals surface area contributed by atoms with Crippen molar-refractivity contribution in [2.45, 2.75) is 38.3 Å². The van der Waals surface area contributed by atoms with E-state index in [-0.39, 0.29) is 12.1 Å². The maximum atomic E-state index is 13.1. The topological polar surface area (TPSA) is 47.6 Å². The van der Waals surface area contributed by atoms with E-state index in [0.717, 1.165) is 48.8 Å². The van der Waals surface area contributed by atoms with Gasteiger partial charge in [-0.15, -0.1) is 0 Å². The number of likely N-dealkylation sites (N-methyl/N-ethyl adjacent to an activating group) is 1. The van der Waals surface area contributed by atoms with Crippen molar-refractivity contribution in [3.8, 4) is 0 Å². The number of amides is 2. The Labute approximate surface area is 233 Å². The molecule has 1 saturated heterocycles. The van der Waals surface area contributed by atoms with Crippen LogP contribution in [0.2, 0.25) is 0 Å². The van der Waals surface area contributed by atoms with Crippen LogP contribution in [-0.4, -0.2) is 61.6 Å². The first-order chi connectivity index (χ1) is 18.5. The van der Waals surface area contributed by atoms with E-state index in [9.17, 15) is 4.79 Å². The molecule has 2 aliphatic rings.